The first-order valence-electron chi connectivity index (χ1n) is 8.82. The van der Waals surface area contributed by atoms with E-state index < -0.39 is 0 Å². The second-order valence-corrected chi connectivity index (χ2v) is 7.01. The molecule has 1 saturated carbocycles. The van der Waals surface area contributed by atoms with Gasteiger partial charge in [-0.3, -0.25) is 4.90 Å². The summed E-state index contributed by atoms with van der Waals surface area (Å²) in [6.07, 6.45) is 7.06. The van der Waals surface area contributed by atoms with Crippen LogP contribution in [0.1, 0.15) is 57.6 Å². The minimum atomic E-state index is 0.504. The van der Waals surface area contributed by atoms with Crippen LogP contribution in [0.5, 0.6) is 0 Å². The Morgan fingerprint density at radius 3 is 2.76 bits per heavy atom. The van der Waals surface area contributed by atoms with Gasteiger partial charge in [-0.15, -0.1) is 0 Å². The second-order valence-electron chi connectivity index (χ2n) is 7.01. The predicted octanol–water partition coefficient (Wildman–Crippen LogP) is 3.99. The van der Waals surface area contributed by atoms with Crippen molar-refractivity contribution in [3.05, 3.63) is 35.9 Å². The Labute approximate surface area is 129 Å². The van der Waals surface area contributed by atoms with E-state index >= 15 is 0 Å². The fourth-order valence-corrected chi connectivity index (χ4v) is 4.24. The van der Waals surface area contributed by atoms with E-state index in [1.54, 1.807) is 0 Å². The Bertz CT molecular complexity index is 430. The fraction of sp³-hybridized carbons (Fsp3) is 0.684. The third-order valence-electron chi connectivity index (χ3n) is 5.62. The monoisotopic (exact) mass is 286 g/mol. The Morgan fingerprint density at radius 1 is 1.19 bits per heavy atom. The van der Waals surface area contributed by atoms with Gasteiger partial charge in [-0.05, 0) is 31.2 Å². The highest BCUT2D eigenvalue weighted by atomic mass is 15.3. The quantitative estimate of drug-likeness (QED) is 0.904. The predicted molar refractivity (Wildman–Crippen MR) is 89.4 cm³/mol. The highest BCUT2D eigenvalue weighted by Crippen LogP contribution is 2.33. The van der Waals surface area contributed by atoms with Crippen LogP contribution in [0.25, 0.3) is 0 Å². The molecule has 1 aromatic rings. The van der Waals surface area contributed by atoms with E-state index in [-0.39, 0.29) is 0 Å². The number of hydrogen-bond donors (Lipinski definition) is 1. The van der Waals surface area contributed by atoms with Crippen molar-refractivity contribution in [3.8, 4) is 0 Å². The Morgan fingerprint density at radius 2 is 2.00 bits per heavy atom. The summed E-state index contributed by atoms with van der Waals surface area (Å²) in [6.45, 7) is 7.05. The number of nitrogens with zero attached hydrogens (tertiary/aromatic N) is 1. The molecule has 1 heterocycles. The van der Waals surface area contributed by atoms with Crippen molar-refractivity contribution in [1.29, 1.82) is 0 Å². The summed E-state index contributed by atoms with van der Waals surface area (Å²) in [6, 6.07) is 12.9. The zero-order valence-electron chi connectivity index (χ0n) is 13.6. The molecule has 21 heavy (non-hydrogen) atoms. The van der Waals surface area contributed by atoms with E-state index in [2.05, 4.69) is 54.4 Å². The molecule has 2 heteroatoms. The van der Waals surface area contributed by atoms with Crippen molar-refractivity contribution in [2.75, 3.05) is 13.1 Å². The molecule has 1 aromatic carbocycles. The Hall–Kier alpha value is -0.860. The standard InChI is InChI=1S/C19H30N2/c1-3-16-8-7-11-18(12-16)21-14-19(20-13-15(21)2)17-9-5-4-6-10-17/h4-6,9-10,15-16,18-20H,3,7-8,11-14H2,1-2H3. The van der Waals surface area contributed by atoms with Gasteiger partial charge < -0.3 is 5.32 Å². The van der Waals surface area contributed by atoms with Gasteiger partial charge in [0.2, 0.25) is 0 Å². The third-order valence-corrected chi connectivity index (χ3v) is 5.62. The van der Waals surface area contributed by atoms with Gasteiger partial charge in [0.15, 0.2) is 0 Å². The van der Waals surface area contributed by atoms with E-state index in [9.17, 15) is 0 Å². The molecule has 0 bridgehead atoms. The lowest BCUT2D eigenvalue weighted by Crippen LogP contribution is -2.56. The number of benzene rings is 1. The summed E-state index contributed by atoms with van der Waals surface area (Å²) in [7, 11) is 0. The average molecular weight is 286 g/mol. The molecular weight excluding hydrogens is 256 g/mol. The van der Waals surface area contributed by atoms with Crippen LogP contribution in [0.2, 0.25) is 0 Å². The average Bonchev–Trinajstić information content (AvgIpc) is 2.56. The van der Waals surface area contributed by atoms with Crippen LogP contribution in [0.4, 0.5) is 0 Å². The van der Waals surface area contributed by atoms with E-state index in [0.29, 0.717) is 12.1 Å². The van der Waals surface area contributed by atoms with Crippen molar-refractivity contribution >= 4 is 0 Å². The summed E-state index contributed by atoms with van der Waals surface area (Å²) in [4.78, 5) is 2.80. The summed E-state index contributed by atoms with van der Waals surface area (Å²) in [5.41, 5.74) is 1.44. The lowest BCUT2D eigenvalue weighted by atomic mass is 9.82. The van der Waals surface area contributed by atoms with Crippen LogP contribution in [0, 0.1) is 5.92 Å². The third kappa shape index (κ3) is 3.49. The number of hydrogen-bond acceptors (Lipinski definition) is 2. The largest absolute Gasteiger partial charge is 0.307 e. The minimum absolute atomic E-state index is 0.504. The van der Waals surface area contributed by atoms with E-state index in [4.69, 9.17) is 0 Å². The molecule has 1 saturated heterocycles. The molecule has 3 rings (SSSR count). The second kappa shape index (κ2) is 6.93. The summed E-state index contributed by atoms with van der Waals surface area (Å²) in [5.74, 6) is 0.959. The molecule has 2 nitrogen and oxygen atoms in total. The molecule has 0 spiro atoms. The minimum Gasteiger partial charge on any atom is -0.307 e. The molecule has 2 aliphatic rings. The van der Waals surface area contributed by atoms with Gasteiger partial charge in [0.25, 0.3) is 0 Å². The van der Waals surface area contributed by atoms with Crippen molar-refractivity contribution in [2.24, 2.45) is 5.92 Å². The zero-order chi connectivity index (χ0) is 14.7. The SMILES string of the molecule is CCC1CCCC(N2CC(c3ccccc3)NCC2C)C1. The molecule has 0 amide bonds. The topological polar surface area (TPSA) is 15.3 Å². The van der Waals surface area contributed by atoms with Crippen LogP contribution in [-0.2, 0) is 0 Å². The van der Waals surface area contributed by atoms with Gasteiger partial charge >= 0.3 is 0 Å². The van der Waals surface area contributed by atoms with Crippen LogP contribution in [0.3, 0.4) is 0 Å². The van der Waals surface area contributed by atoms with Gasteiger partial charge in [0.1, 0.15) is 0 Å². The van der Waals surface area contributed by atoms with Crippen molar-refractivity contribution in [3.63, 3.8) is 0 Å². The van der Waals surface area contributed by atoms with E-state index in [1.165, 1.54) is 44.2 Å². The van der Waals surface area contributed by atoms with Crippen molar-refractivity contribution < 1.29 is 0 Å². The van der Waals surface area contributed by atoms with Gasteiger partial charge in [0, 0.05) is 31.2 Å². The Balaban J connectivity index is 1.69. The van der Waals surface area contributed by atoms with Crippen LogP contribution in [-0.4, -0.2) is 30.1 Å². The van der Waals surface area contributed by atoms with Crippen LogP contribution >= 0.6 is 0 Å². The number of rotatable bonds is 3. The molecule has 2 fully saturated rings. The smallest absolute Gasteiger partial charge is 0.0450 e. The highest BCUT2D eigenvalue weighted by molar-refractivity contribution is 5.20. The lowest BCUT2D eigenvalue weighted by molar-refractivity contribution is 0.0556. The maximum Gasteiger partial charge on any atom is 0.0450 e. The van der Waals surface area contributed by atoms with Crippen molar-refractivity contribution in [2.45, 2.75) is 64.1 Å². The van der Waals surface area contributed by atoms with Crippen LogP contribution in [0.15, 0.2) is 30.3 Å². The molecule has 116 valence electrons. The highest BCUT2D eigenvalue weighted by Gasteiger charge is 2.33. The lowest BCUT2D eigenvalue weighted by Gasteiger charge is -2.46. The van der Waals surface area contributed by atoms with Gasteiger partial charge in [-0.25, -0.2) is 0 Å². The van der Waals surface area contributed by atoms with Gasteiger partial charge in [-0.1, -0.05) is 56.5 Å². The van der Waals surface area contributed by atoms with Gasteiger partial charge in [-0.2, -0.15) is 0 Å². The molecule has 1 aliphatic heterocycles. The Kier molecular flexibility index (Phi) is 4.97. The maximum absolute atomic E-state index is 3.74. The van der Waals surface area contributed by atoms with E-state index in [1.807, 2.05) is 0 Å². The summed E-state index contributed by atoms with van der Waals surface area (Å²) < 4.78 is 0. The summed E-state index contributed by atoms with van der Waals surface area (Å²) in [5, 5.41) is 3.74. The first-order chi connectivity index (χ1) is 10.3. The van der Waals surface area contributed by atoms with Gasteiger partial charge in [0.05, 0.1) is 0 Å². The van der Waals surface area contributed by atoms with Crippen LogP contribution < -0.4 is 5.32 Å². The molecular formula is C19H30N2. The first-order valence-corrected chi connectivity index (χ1v) is 8.82. The molecule has 1 aliphatic carbocycles. The zero-order valence-corrected chi connectivity index (χ0v) is 13.6. The molecule has 0 radical (unpaired) electrons. The molecule has 1 N–H and O–H groups in total. The number of piperazine rings is 1. The molecule has 4 unspecified atom stereocenters. The summed E-state index contributed by atoms with van der Waals surface area (Å²) >= 11 is 0. The van der Waals surface area contributed by atoms with Crippen molar-refractivity contribution in [1.82, 2.24) is 10.2 Å². The normalized spacial score (nSPS) is 34.8. The molecule has 0 aromatic heterocycles. The molecule has 4 atom stereocenters. The first kappa shape index (κ1) is 15.1. The fourth-order valence-electron chi connectivity index (χ4n) is 4.24. The van der Waals surface area contributed by atoms with E-state index in [0.717, 1.165) is 18.5 Å². The maximum atomic E-state index is 3.74. The number of nitrogens with one attached hydrogen (secondary N) is 1.